The summed E-state index contributed by atoms with van der Waals surface area (Å²) in [6, 6.07) is 13.8. The van der Waals surface area contributed by atoms with Crippen LogP contribution in [0.2, 0.25) is 0 Å². The van der Waals surface area contributed by atoms with Crippen molar-refractivity contribution in [1.29, 1.82) is 0 Å². The topological polar surface area (TPSA) is 119 Å². The fourth-order valence-electron chi connectivity index (χ4n) is 5.17. The molecule has 0 saturated carbocycles. The number of ether oxygens (including phenoxy) is 2. The van der Waals surface area contributed by atoms with Gasteiger partial charge in [0.05, 0.1) is 17.4 Å². The summed E-state index contributed by atoms with van der Waals surface area (Å²) in [7, 11) is 1.65. The summed E-state index contributed by atoms with van der Waals surface area (Å²) in [6.07, 6.45) is 7.17. The number of carbonyl (C=O) groups is 1. The number of rotatable bonds is 10. The Hall–Kier alpha value is -4.88. The van der Waals surface area contributed by atoms with Gasteiger partial charge in [-0.25, -0.2) is 9.50 Å². The van der Waals surface area contributed by atoms with Crippen molar-refractivity contribution in [2.45, 2.75) is 19.6 Å². The van der Waals surface area contributed by atoms with E-state index in [9.17, 15) is 18.7 Å². The number of nitrogens with one attached hydrogen (secondary N) is 1. The summed E-state index contributed by atoms with van der Waals surface area (Å²) < 4.78 is 40.5. The van der Waals surface area contributed by atoms with Crippen LogP contribution in [0.15, 0.2) is 73.3 Å². The number of alkyl halides is 2. The summed E-state index contributed by atoms with van der Waals surface area (Å²) in [5, 5.41) is 20.8. The smallest absolute Gasteiger partial charge is 0.387 e. The molecule has 1 amide bonds. The van der Waals surface area contributed by atoms with Crippen LogP contribution in [0.3, 0.4) is 0 Å². The Balaban J connectivity index is 1.24. The lowest BCUT2D eigenvalue weighted by Crippen LogP contribution is -2.20. The van der Waals surface area contributed by atoms with Crippen LogP contribution < -0.4 is 14.8 Å². The van der Waals surface area contributed by atoms with Gasteiger partial charge in [-0.2, -0.15) is 19.0 Å². The van der Waals surface area contributed by atoms with E-state index in [1.165, 1.54) is 27.5 Å². The van der Waals surface area contributed by atoms with Crippen LogP contribution in [0.25, 0.3) is 16.9 Å². The van der Waals surface area contributed by atoms with Gasteiger partial charge in [-0.1, -0.05) is 12.1 Å². The Morgan fingerprint density at radius 3 is 2.77 bits per heavy atom. The molecule has 0 unspecified atom stereocenters. The van der Waals surface area contributed by atoms with Crippen LogP contribution in [-0.2, 0) is 13.6 Å². The number of likely N-dealkylation sites (tertiary alicyclic amines) is 1. The molecule has 13 heteroatoms. The average molecular weight is 590 g/mol. The van der Waals surface area contributed by atoms with Gasteiger partial charge in [0.25, 0.3) is 5.91 Å². The van der Waals surface area contributed by atoms with Crippen molar-refractivity contribution in [2.75, 3.05) is 25.0 Å². The first kappa shape index (κ1) is 28.2. The van der Waals surface area contributed by atoms with Crippen molar-refractivity contribution in [3.05, 3.63) is 84.4 Å². The van der Waals surface area contributed by atoms with Crippen LogP contribution in [0.4, 0.5) is 14.5 Å². The molecular weight excluding hydrogens is 560 g/mol. The van der Waals surface area contributed by atoms with Gasteiger partial charge in [0.1, 0.15) is 28.5 Å². The molecule has 1 aliphatic heterocycles. The minimum Gasteiger partial charge on any atom is -0.457 e. The number of benzene rings is 2. The van der Waals surface area contributed by atoms with Crippen LogP contribution in [-0.4, -0.2) is 66.6 Å². The van der Waals surface area contributed by atoms with E-state index in [0.717, 1.165) is 31.6 Å². The molecule has 4 heterocycles. The van der Waals surface area contributed by atoms with Crippen LogP contribution in [0.5, 0.6) is 17.2 Å². The van der Waals surface area contributed by atoms with Gasteiger partial charge in [0.2, 0.25) is 0 Å². The molecule has 1 fully saturated rings. The molecule has 0 aliphatic carbocycles. The third kappa shape index (κ3) is 6.32. The lowest BCUT2D eigenvalue weighted by Gasteiger charge is -2.16. The molecule has 1 aliphatic rings. The fourth-order valence-corrected chi connectivity index (χ4v) is 5.17. The highest BCUT2D eigenvalue weighted by Crippen LogP contribution is 2.39. The highest BCUT2D eigenvalue weighted by atomic mass is 19.3. The molecular formula is C30H29F2N7O4. The number of nitrogens with zero attached hydrogens (tertiary/aromatic N) is 6. The number of aliphatic hydroxyl groups is 1. The zero-order valence-corrected chi connectivity index (χ0v) is 23.2. The second-order valence-electron chi connectivity index (χ2n) is 10.3. The normalized spacial score (nSPS) is 15.3. The molecule has 5 aromatic rings. The molecule has 222 valence electrons. The predicted octanol–water partition coefficient (Wildman–Crippen LogP) is 4.59. The summed E-state index contributed by atoms with van der Waals surface area (Å²) in [5.41, 5.74) is 2.40. The number of amides is 1. The number of hydrogen-bond donors (Lipinski definition) is 2. The van der Waals surface area contributed by atoms with Crippen LogP contribution >= 0.6 is 0 Å². The van der Waals surface area contributed by atoms with E-state index in [2.05, 4.69) is 25.4 Å². The van der Waals surface area contributed by atoms with E-state index in [4.69, 9.17) is 9.47 Å². The maximum absolute atomic E-state index is 13.4. The fraction of sp³-hybridized carbons (Fsp3) is 0.267. The minimum atomic E-state index is -3.08. The minimum absolute atomic E-state index is 0.128. The second kappa shape index (κ2) is 12.2. The number of anilines is 1. The van der Waals surface area contributed by atoms with Crippen LogP contribution in [0.1, 0.15) is 22.3 Å². The van der Waals surface area contributed by atoms with E-state index < -0.39 is 12.5 Å². The van der Waals surface area contributed by atoms with E-state index in [-0.39, 0.29) is 34.9 Å². The van der Waals surface area contributed by atoms with Crippen molar-refractivity contribution in [3.8, 4) is 28.5 Å². The third-order valence-corrected chi connectivity index (χ3v) is 7.22. The number of hydrogen-bond acceptors (Lipinski definition) is 8. The standard InChI is InChI=1S/C30H29F2N7O4/c1-37-17-25(35-29(41)24-14-34-39-11-2-10-33-28(24)39)27(36-37)23-13-22(7-8-26(23)43-30(31)32)42-21-5-3-19(4-6-21)15-38-12-9-20(16-38)18-40/h2-8,10-11,13-14,17,20,30,40H,9,12,15-16,18H2,1H3,(H,35,41)/t20-/m0/s1. The summed E-state index contributed by atoms with van der Waals surface area (Å²) in [4.78, 5) is 19.7. The Labute approximate surface area is 245 Å². The lowest BCUT2D eigenvalue weighted by molar-refractivity contribution is -0.0494. The van der Waals surface area contributed by atoms with E-state index in [0.29, 0.717) is 23.1 Å². The number of halogens is 2. The maximum atomic E-state index is 13.4. The third-order valence-electron chi connectivity index (χ3n) is 7.22. The van der Waals surface area contributed by atoms with Crippen molar-refractivity contribution in [1.82, 2.24) is 29.3 Å². The SMILES string of the molecule is Cn1cc(NC(=O)c2cnn3cccnc23)c(-c2cc(Oc3ccc(CN4CC[C@H](CO)C4)cc3)ccc2OC(F)F)n1. The van der Waals surface area contributed by atoms with Crippen molar-refractivity contribution < 1.29 is 28.2 Å². The molecule has 2 aromatic carbocycles. The Bertz CT molecular complexity index is 1740. The zero-order valence-electron chi connectivity index (χ0n) is 23.2. The van der Waals surface area contributed by atoms with E-state index in [1.807, 2.05) is 24.3 Å². The molecule has 6 rings (SSSR count). The monoisotopic (exact) mass is 589 g/mol. The largest absolute Gasteiger partial charge is 0.457 e. The van der Waals surface area contributed by atoms with Gasteiger partial charge in [-0.15, -0.1) is 0 Å². The molecule has 0 radical (unpaired) electrons. The molecule has 0 bridgehead atoms. The molecule has 0 spiro atoms. The summed E-state index contributed by atoms with van der Waals surface area (Å²) in [5.74, 6) is 0.625. The second-order valence-corrected chi connectivity index (χ2v) is 10.3. The van der Waals surface area contributed by atoms with Gasteiger partial charge in [-0.05, 0) is 60.8 Å². The van der Waals surface area contributed by atoms with Gasteiger partial charge in [-0.3, -0.25) is 14.4 Å². The molecule has 43 heavy (non-hydrogen) atoms. The Morgan fingerprint density at radius 1 is 1.19 bits per heavy atom. The number of aliphatic hydroxyl groups excluding tert-OH is 1. The van der Waals surface area contributed by atoms with Crippen molar-refractivity contribution >= 4 is 17.2 Å². The Kier molecular flexibility index (Phi) is 7.99. The molecule has 3 aromatic heterocycles. The van der Waals surface area contributed by atoms with E-state index in [1.54, 1.807) is 37.8 Å². The molecule has 1 atom stereocenters. The Morgan fingerprint density at radius 2 is 2.00 bits per heavy atom. The van der Waals surface area contributed by atoms with Crippen molar-refractivity contribution in [3.63, 3.8) is 0 Å². The quantitative estimate of drug-likeness (QED) is 0.243. The highest BCUT2D eigenvalue weighted by Gasteiger charge is 2.23. The van der Waals surface area contributed by atoms with Gasteiger partial charge >= 0.3 is 6.61 Å². The number of carbonyl (C=O) groups excluding carboxylic acids is 1. The lowest BCUT2D eigenvalue weighted by atomic mass is 10.1. The number of aryl methyl sites for hydroxylation is 1. The van der Waals surface area contributed by atoms with Gasteiger partial charge in [0.15, 0.2) is 5.65 Å². The average Bonchev–Trinajstić information content (AvgIpc) is 3.73. The van der Waals surface area contributed by atoms with Gasteiger partial charge in [0, 0.05) is 45.3 Å². The first-order valence-electron chi connectivity index (χ1n) is 13.7. The molecule has 1 saturated heterocycles. The van der Waals surface area contributed by atoms with Crippen molar-refractivity contribution in [2.24, 2.45) is 13.0 Å². The van der Waals surface area contributed by atoms with E-state index >= 15 is 0 Å². The maximum Gasteiger partial charge on any atom is 0.387 e. The first-order chi connectivity index (χ1) is 20.9. The first-order valence-corrected chi connectivity index (χ1v) is 13.7. The predicted molar refractivity (Wildman–Crippen MR) is 153 cm³/mol. The molecule has 11 nitrogen and oxygen atoms in total. The zero-order chi connectivity index (χ0) is 29.9. The van der Waals surface area contributed by atoms with Gasteiger partial charge < -0.3 is 19.9 Å². The summed E-state index contributed by atoms with van der Waals surface area (Å²) in [6.45, 7) is -0.270. The summed E-state index contributed by atoms with van der Waals surface area (Å²) >= 11 is 0. The molecule has 2 N–H and O–H groups in total. The number of aromatic nitrogens is 5. The number of fused-ring (bicyclic) bond motifs is 1. The highest BCUT2D eigenvalue weighted by molar-refractivity contribution is 6.09. The van der Waals surface area contributed by atoms with Crippen LogP contribution in [0, 0.1) is 5.92 Å².